The summed E-state index contributed by atoms with van der Waals surface area (Å²) in [5.41, 5.74) is 9.22. The molecule has 0 atom stereocenters. The van der Waals surface area contributed by atoms with Crippen LogP contribution < -0.4 is 0 Å². The van der Waals surface area contributed by atoms with E-state index in [4.69, 9.17) is 0 Å². The van der Waals surface area contributed by atoms with E-state index in [1.807, 2.05) is 128 Å². The quantitative estimate of drug-likeness (QED) is 0.267. The van der Waals surface area contributed by atoms with Crippen LogP contribution in [0.2, 0.25) is 0 Å². The van der Waals surface area contributed by atoms with Gasteiger partial charge in [0.2, 0.25) is 0 Å². The van der Waals surface area contributed by atoms with Gasteiger partial charge in [-0.3, -0.25) is 9.97 Å². The van der Waals surface area contributed by atoms with E-state index < -0.39 is 0 Å². The molecule has 0 amide bonds. The molecular formula is C35H28N2O. The summed E-state index contributed by atoms with van der Waals surface area (Å²) in [5, 5.41) is 10.5. The number of phenolic OH excluding ortho intramolecular Hbond substituents is 1. The number of pyridine rings is 2. The van der Waals surface area contributed by atoms with Crippen molar-refractivity contribution < 1.29 is 5.11 Å². The zero-order valence-corrected chi connectivity index (χ0v) is 21.2. The molecule has 0 radical (unpaired) electrons. The predicted molar refractivity (Wildman–Crippen MR) is 157 cm³/mol. The zero-order chi connectivity index (χ0) is 26.2. The van der Waals surface area contributed by atoms with Crippen LogP contribution in [0.15, 0.2) is 146 Å². The summed E-state index contributed by atoms with van der Waals surface area (Å²) in [6.07, 6.45) is 3.64. The predicted octanol–water partition coefficient (Wildman–Crippen LogP) is 8.85. The van der Waals surface area contributed by atoms with Crippen molar-refractivity contribution in [2.75, 3.05) is 0 Å². The SMILES string of the molecule is Cc1cc(-c2ccccn2)cc(-c2ccccn2)c1.Oc1c(-c2ccccc2)cccc1-c1ccccc1. The molecule has 0 unspecified atom stereocenters. The van der Waals surface area contributed by atoms with Gasteiger partial charge in [-0.25, -0.2) is 0 Å². The van der Waals surface area contributed by atoms with Crippen LogP contribution in [0.1, 0.15) is 5.56 Å². The van der Waals surface area contributed by atoms with Gasteiger partial charge in [0.05, 0.1) is 11.4 Å². The van der Waals surface area contributed by atoms with Crippen molar-refractivity contribution in [3.05, 3.63) is 151 Å². The molecule has 3 heteroatoms. The molecule has 0 aliphatic carbocycles. The lowest BCUT2D eigenvalue weighted by Gasteiger charge is -2.10. The summed E-state index contributed by atoms with van der Waals surface area (Å²) in [7, 11) is 0. The fourth-order valence-corrected chi connectivity index (χ4v) is 4.39. The normalized spacial score (nSPS) is 10.3. The lowest BCUT2D eigenvalue weighted by Crippen LogP contribution is -1.87. The van der Waals surface area contributed by atoms with E-state index in [2.05, 4.69) is 35.1 Å². The second kappa shape index (κ2) is 11.8. The molecule has 6 rings (SSSR count). The van der Waals surface area contributed by atoms with Crippen molar-refractivity contribution in [1.29, 1.82) is 0 Å². The first-order chi connectivity index (χ1) is 18.7. The lowest BCUT2D eigenvalue weighted by atomic mass is 9.97. The molecule has 0 saturated heterocycles. The third kappa shape index (κ3) is 5.85. The van der Waals surface area contributed by atoms with Gasteiger partial charge in [-0.15, -0.1) is 0 Å². The standard InChI is InChI=1S/C18H14O.C17H14N2/c19-18-16(14-8-3-1-4-9-14)12-7-13-17(18)15-10-5-2-6-11-15;1-13-10-14(16-6-2-4-8-18-16)12-15(11-13)17-7-3-5-9-19-17/h1-13,19H;2-12H,1H3. The van der Waals surface area contributed by atoms with Gasteiger partial charge in [-0.2, -0.15) is 0 Å². The number of hydrogen-bond donors (Lipinski definition) is 1. The second-order valence-electron chi connectivity index (χ2n) is 8.95. The number of aryl methyl sites for hydroxylation is 1. The molecule has 0 fully saturated rings. The Morgan fingerprint density at radius 2 is 0.895 bits per heavy atom. The van der Waals surface area contributed by atoms with Crippen molar-refractivity contribution in [2.45, 2.75) is 6.92 Å². The highest BCUT2D eigenvalue weighted by atomic mass is 16.3. The fraction of sp³-hybridized carbons (Fsp3) is 0.0286. The van der Waals surface area contributed by atoms with Crippen LogP contribution in [0.25, 0.3) is 44.8 Å². The van der Waals surface area contributed by atoms with E-state index in [1.54, 1.807) is 0 Å². The second-order valence-corrected chi connectivity index (χ2v) is 8.95. The number of benzene rings is 4. The van der Waals surface area contributed by atoms with Crippen molar-refractivity contribution in [1.82, 2.24) is 9.97 Å². The van der Waals surface area contributed by atoms with Gasteiger partial charge in [-0.05, 0) is 66.1 Å². The summed E-state index contributed by atoms with van der Waals surface area (Å²) >= 11 is 0. The topological polar surface area (TPSA) is 46.0 Å². The van der Waals surface area contributed by atoms with Gasteiger partial charge >= 0.3 is 0 Å². The highest BCUT2D eigenvalue weighted by molar-refractivity contribution is 5.81. The first kappa shape index (κ1) is 24.7. The Morgan fingerprint density at radius 1 is 0.447 bits per heavy atom. The van der Waals surface area contributed by atoms with Gasteiger partial charge < -0.3 is 5.11 Å². The molecule has 2 heterocycles. The lowest BCUT2D eigenvalue weighted by molar-refractivity contribution is 0.479. The van der Waals surface area contributed by atoms with Crippen LogP contribution in [-0.4, -0.2) is 15.1 Å². The minimum Gasteiger partial charge on any atom is -0.507 e. The molecule has 38 heavy (non-hydrogen) atoms. The van der Waals surface area contributed by atoms with E-state index in [1.165, 1.54) is 5.56 Å². The molecule has 0 saturated carbocycles. The molecule has 6 aromatic rings. The molecule has 2 aromatic heterocycles. The average molecular weight is 493 g/mol. The van der Waals surface area contributed by atoms with Crippen molar-refractivity contribution >= 4 is 0 Å². The highest BCUT2D eigenvalue weighted by Crippen LogP contribution is 2.37. The average Bonchev–Trinajstić information content (AvgIpc) is 2.99. The summed E-state index contributed by atoms with van der Waals surface area (Å²) in [6.45, 7) is 2.10. The van der Waals surface area contributed by atoms with Crippen LogP contribution >= 0.6 is 0 Å². The number of aromatic hydroxyl groups is 1. The Kier molecular flexibility index (Phi) is 7.67. The molecular weight excluding hydrogens is 464 g/mol. The molecule has 0 aliphatic heterocycles. The van der Waals surface area contributed by atoms with Crippen molar-refractivity contribution in [3.8, 4) is 50.5 Å². The van der Waals surface area contributed by atoms with Gasteiger partial charge in [0, 0.05) is 34.6 Å². The number of nitrogens with zero attached hydrogens (tertiary/aromatic N) is 2. The Morgan fingerprint density at radius 3 is 1.32 bits per heavy atom. The van der Waals surface area contributed by atoms with E-state index in [0.29, 0.717) is 5.75 Å². The monoisotopic (exact) mass is 492 g/mol. The van der Waals surface area contributed by atoms with Gasteiger partial charge in [0.15, 0.2) is 0 Å². The maximum absolute atomic E-state index is 10.5. The molecule has 4 aromatic carbocycles. The highest BCUT2D eigenvalue weighted by Gasteiger charge is 2.10. The Labute approximate surface area is 223 Å². The molecule has 0 spiro atoms. The molecule has 0 aliphatic rings. The molecule has 184 valence electrons. The number of hydrogen-bond acceptors (Lipinski definition) is 3. The number of phenols is 1. The van der Waals surface area contributed by atoms with E-state index in [-0.39, 0.29) is 0 Å². The van der Waals surface area contributed by atoms with E-state index in [9.17, 15) is 5.11 Å². The number of aromatic nitrogens is 2. The van der Waals surface area contributed by atoms with Crippen LogP contribution in [0.5, 0.6) is 5.75 Å². The van der Waals surface area contributed by atoms with Crippen LogP contribution in [0.3, 0.4) is 0 Å². The smallest absolute Gasteiger partial charge is 0.131 e. The third-order valence-corrected chi connectivity index (χ3v) is 6.20. The third-order valence-electron chi connectivity index (χ3n) is 6.20. The minimum atomic E-state index is 0.333. The van der Waals surface area contributed by atoms with Gasteiger partial charge in [-0.1, -0.05) is 91.0 Å². The summed E-state index contributed by atoms with van der Waals surface area (Å²) in [5.74, 6) is 0.333. The first-order valence-corrected chi connectivity index (χ1v) is 12.6. The Hall–Kier alpha value is -5.02. The fourth-order valence-electron chi connectivity index (χ4n) is 4.39. The summed E-state index contributed by atoms with van der Waals surface area (Å²) in [4.78, 5) is 8.81. The minimum absolute atomic E-state index is 0.333. The maximum atomic E-state index is 10.5. The van der Waals surface area contributed by atoms with E-state index in [0.717, 1.165) is 44.8 Å². The molecule has 0 bridgehead atoms. The Balaban J connectivity index is 0.000000155. The zero-order valence-electron chi connectivity index (χ0n) is 21.2. The van der Waals surface area contributed by atoms with Crippen LogP contribution in [0.4, 0.5) is 0 Å². The number of rotatable bonds is 4. The van der Waals surface area contributed by atoms with Gasteiger partial charge in [0.25, 0.3) is 0 Å². The molecule has 3 nitrogen and oxygen atoms in total. The van der Waals surface area contributed by atoms with Crippen molar-refractivity contribution in [3.63, 3.8) is 0 Å². The van der Waals surface area contributed by atoms with Gasteiger partial charge in [0.1, 0.15) is 5.75 Å². The Bertz CT molecular complexity index is 1490. The van der Waals surface area contributed by atoms with Crippen LogP contribution in [-0.2, 0) is 0 Å². The summed E-state index contributed by atoms with van der Waals surface area (Å²) < 4.78 is 0. The maximum Gasteiger partial charge on any atom is 0.131 e. The number of para-hydroxylation sites is 1. The van der Waals surface area contributed by atoms with Crippen LogP contribution in [0, 0.1) is 6.92 Å². The first-order valence-electron chi connectivity index (χ1n) is 12.6. The van der Waals surface area contributed by atoms with E-state index >= 15 is 0 Å². The largest absolute Gasteiger partial charge is 0.507 e. The summed E-state index contributed by atoms with van der Waals surface area (Å²) in [6, 6.07) is 44.1. The molecule has 1 N–H and O–H groups in total. The van der Waals surface area contributed by atoms with Crippen molar-refractivity contribution in [2.24, 2.45) is 0 Å².